The van der Waals surface area contributed by atoms with Gasteiger partial charge in [-0.05, 0) is 54.7 Å². The fraction of sp³-hybridized carbons (Fsp3) is 0.250. The van der Waals surface area contributed by atoms with E-state index in [-0.39, 0.29) is 5.38 Å². The van der Waals surface area contributed by atoms with Gasteiger partial charge >= 0.3 is 0 Å². The lowest BCUT2D eigenvalue weighted by Gasteiger charge is -2.13. The molecule has 0 nitrogen and oxygen atoms in total. The van der Waals surface area contributed by atoms with Gasteiger partial charge in [0, 0.05) is 5.02 Å². The van der Waals surface area contributed by atoms with Gasteiger partial charge in [-0.15, -0.1) is 11.6 Å². The topological polar surface area (TPSA) is 0 Å². The highest BCUT2D eigenvalue weighted by Crippen LogP contribution is 2.31. The lowest BCUT2D eigenvalue weighted by atomic mass is 9.99. The van der Waals surface area contributed by atoms with E-state index >= 15 is 0 Å². The molecule has 0 spiro atoms. The molecule has 0 fully saturated rings. The predicted molar refractivity (Wildman–Crippen MR) is 79.8 cm³/mol. The minimum absolute atomic E-state index is 0.125. The summed E-state index contributed by atoms with van der Waals surface area (Å²) in [5, 5.41) is 0.656. The lowest BCUT2D eigenvalue weighted by molar-refractivity contribution is 1.12. The van der Waals surface area contributed by atoms with Crippen LogP contribution in [0.4, 0.5) is 0 Å². The normalized spacial score (nSPS) is 12.5. The van der Waals surface area contributed by atoms with Crippen LogP contribution in [0.5, 0.6) is 0 Å². The second-order valence-corrected chi connectivity index (χ2v) is 5.56. The Labute approximate surface area is 119 Å². The predicted octanol–water partition coefficient (Wildman–Crippen LogP) is 5.59. The molecule has 0 N–H and O–H groups in total. The second-order valence-electron chi connectivity index (χ2n) is 4.71. The maximum Gasteiger partial charge on any atom is 0.0835 e. The number of rotatable bonds is 2. The van der Waals surface area contributed by atoms with Crippen molar-refractivity contribution in [3.8, 4) is 0 Å². The number of hydrogen-bond acceptors (Lipinski definition) is 0. The fourth-order valence-electron chi connectivity index (χ4n) is 1.94. The number of aryl methyl sites for hydroxylation is 3. The van der Waals surface area contributed by atoms with Gasteiger partial charge in [0.2, 0.25) is 0 Å². The summed E-state index contributed by atoms with van der Waals surface area (Å²) in [5.74, 6) is 0. The van der Waals surface area contributed by atoms with Crippen molar-refractivity contribution in [1.82, 2.24) is 0 Å². The van der Waals surface area contributed by atoms with Crippen molar-refractivity contribution in [3.05, 3.63) is 69.2 Å². The highest BCUT2D eigenvalue weighted by Gasteiger charge is 2.12. The Hall–Kier alpha value is -0.980. The molecular weight excluding hydrogens is 263 g/mol. The van der Waals surface area contributed by atoms with Gasteiger partial charge in [-0.25, -0.2) is 0 Å². The van der Waals surface area contributed by atoms with Gasteiger partial charge in [-0.1, -0.05) is 41.9 Å². The van der Waals surface area contributed by atoms with Crippen molar-refractivity contribution >= 4 is 23.2 Å². The zero-order valence-corrected chi connectivity index (χ0v) is 12.3. The van der Waals surface area contributed by atoms with Gasteiger partial charge in [0.25, 0.3) is 0 Å². The monoisotopic (exact) mass is 278 g/mol. The third kappa shape index (κ3) is 2.71. The van der Waals surface area contributed by atoms with E-state index in [1.165, 1.54) is 11.1 Å². The summed E-state index contributed by atoms with van der Waals surface area (Å²) in [6.45, 7) is 6.21. The zero-order chi connectivity index (χ0) is 13.3. The average Bonchev–Trinajstić information content (AvgIpc) is 2.35. The third-order valence-corrected chi connectivity index (χ3v) is 4.23. The molecule has 2 aromatic carbocycles. The maximum absolute atomic E-state index is 6.54. The van der Waals surface area contributed by atoms with E-state index < -0.39 is 0 Å². The first-order valence-corrected chi connectivity index (χ1v) is 6.78. The van der Waals surface area contributed by atoms with Crippen LogP contribution in [0, 0.1) is 20.8 Å². The van der Waals surface area contributed by atoms with Crippen molar-refractivity contribution in [1.29, 1.82) is 0 Å². The van der Waals surface area contributed by atoms with Crippen molar-refractivity contribution in [2.75, 3.05) is 0 Å². The van der Waals surface area contributed by atoms with Crippen LogP contribution in [-0.2, 0) is 0 Å². The minimum atomic E-state index is -0.125. The van der Waals surface area contributed by atoms with Crippen LogP contribution in [0.3, 0.4) is 0 Å². The molecule has 0 heterocycles. The molecule has 2 rings (SSSR count). The largest absolute Gasteiger partial charge is 0.113 e. The van der Waals surface area contributed by atoms with Gasteiger partial charge in [-0.3, -0.25) is 0 Å². The molecule has 0 aromatic heterocycles. The molecule has 2 aromatic rings. The number of hydrogen-bond donors (Lipinski definition) is 0. The molecule has 1 unspecified atom stereocenters. The molecule has 0 aliphatic rings. The van der Waals surface area contributed by atoms with Crippen LogP contribution in [0.2, 0.25) is 5.02 Å². The Balaban J connectivity index is 2.37. The quantitative estimate of drug-likeness (QED) is 0.628. The zero-order valence-electron chi connectivity index (χ0n) is 10.8. The van der Waals surface area contributed by atoms with Gasteiger partial charge < -0.3 is 0 Å². The average molecular weight is 279 g/mol. The molecule has 18 heavy (non-hydrogen) atoms. The Morgan fingerprint density at radius 1 is 0.778 bits per heavy atom. The summed E-state index contributed by atoms with van der Waals surface area (Å²) in [6, 6.07) is 12.3. The summed E-state index contributed by atoms with van der Waals surface area (Å²) in [7, 11) is 0. The first-order chi connectivity index (χ1) is 8.49. The van der Waals surface area contributed by atoms with Crippen LogP contribution < -0.4 is 0 Å². The Kier molecular flexibility index (Phi) is 3.99. The summed E-state index contributed by atoms with van der Waals surface area (Å²) >= 11 is 12.6. The Bertz CT molecular complexity index is 522. The maximum atomic E-state index is 6.54. The first kappa shape index (κ1) is 13.5. The first-order valence-electron chi connectivity index (χ1n) is 5.96. The van der Waals surface area contributed by atoms with E-state index in [9.17, 15) is 0 Å². The minimum Gasteiger partial charge on any atom is -0.113 e. The highest BCUT2D eigenvalue weighted by molar-refractivity contribution is 6.31. The van der Waals surface area contributed by atoms with Crippen molar-refractivity contribution in [2.45, 2.75) is 26.1 Å². The molecule has 0 saturated heterocycles. The van der Waals surface area contributed by atoms with Crippen LogP contribution in [0.1, 0.15) is 33.2 Å². The van der Waals surface area contributed by atoms with Gasteiger partial charge in [-0.2, -0.15) is 0 Å². The molecule has 0 aliphatic heterocycles. The van der Waals surface area contributed by atoms with E-state index in [1.54, 1.807) is 0 Å². The summed E-state index contributed by atoms with van der Waals surface area (Å²) < 4.78 is 0. The van der Waals surface area contributed by atoms with Gasteiger partial charge in [0.05, 0.1) is 5.38 Å². The number of benzene rings is 2. The molecule has 0 radical (unpaired) electrons. The molecule has 2 heteroatoms. The summed E-state index contributed by atoms with van der Waals surface area (Å²) in [5.41, 5.74) is 5.82. The Morgan fingerprint density at radius 2 is 1.33 bits per heavy atom. The van der Waals surface area contributed by atoms with Gasteiger partial charge in [0.1, 0.15) is 0 Å². The van der Waals surface area contributed by atoms with E-state index in [4.69, 9.17) is 23.2 Å². The molecule has 1 atom stereocenters. The van der Waals surface area contributed by atoms with Gasteiger partial charge in [0.15, 0.2) is 0 Å². The molecule has 0 bridgehead atoms. The van der Waals surface area contributed by atoms with Crippen LogP contribution in [-0.4, -0.2) is 0 Å². The number of alkyl halides is 1. The van der Waals surface area contributed by atoms with Crippen LogP contribution in [0.15, 0.2) is 36.4 Å². The molecule has 0 amide bonds. The summed E-state index contributed by atoms with van der Waals surface area (Å²) in [6.07, 6.45) is 0. The van der Waals surface area contributed by atoms with Crippen molar-refractivity contribution < 1.29 is 0 Å². The van der Waals surface area contributed by atoms with E-state index in [0.29, 0.717) is 0 Å². The Morgan fingerprint density at radius 3 is 1.89 bits per heavy atom. The van der Waals surface area contributed by atoms with E-state index in [1.807, 2.05) is 19.1 Å². The van der Waals surface area contributed by atoms with Crippen LogP contribution >= 0.6 is 23.2 Å². The second kappa shape index (κ2) is 5.34. The molecular formula is C16H16Cl2. The van der Waals surface area contributed by atoms with Crippen molar-refractivity contribution in [3.63, 3.8) is 0 Å². The lowest BCUT2D eigenvalue weighted by Crippen LogP contribution is -1.95. The smallest absolute Gasteiger partial charge is 0.0835 e. The van der Waals surface area contributed by atoms with Crippen molar-refractivity contribution in [2.24, 2.45) is 0 Å². The van der Waals surface area contributed by atoms with E-state index in [0.717, 1.165) is 21.7 Å². The third-order valence-electron chi connectivity index (χ3n) is 3.30. The fourth-order valence-corrected chi connectivity index (χ4v) is 2.33. The summed E-state index contributed by atoms with van der Waals surface area (Å²) in [4.78, 5) is 0. The van der Waals surface area contributed by atoms with Crippen LogP contribution in [0.25, 0.3) is 0 Å². The molecule has 0 saturated carbocycles. The number of halogens is 2. The standard InChI is InChI=1S/C16H16Cl2/c1-10-4-5-13(8-11(10)2)16(18)14-6-7-15(17)12(3)9-14/h4-9,16H,1-3H3. The molecule has 94 valence electrons. The van der Waals surface area contributed by atoms with E-state index in [2.05, 4.69) is 38.1 Å². The SMILES string of the molecule is Cc1ccc(C(Cl)c2ccc(Cl)c(C)c2)cc1C. The highest BCUT2D eigenvalue weighted by atomic mass is 35.5. The molecule has 0 aliphatic carbocycles.